The number of nitrogens with zero attached hydrogens (tertiary/aromatic N) is 1. The van der Waals surface area contributed by atoms with E-state index in [1.165, 1.54) is 49.2 Å². The fourth-order valence-corrected chi connectivity index (χ4v) is 10.6. The van der Waals surface area contributed by atoms with Gasteiger partial charge in [-0.2, -0.15) is 0 Å². The van der Waals surface area contributed by atoms with Crippen molar-refractivity contribution in [3.05, 3.63) is 261 Å². The number of para-hydroxylation sites is 1. The van der Waals surface area contributed by atoms with Crippen LogP contribution >= 0.6 is 0 Å². The van der Waals surface area contributed by atoms with Crippen molar-refractivity contribution in [3.8, 4) is 55.6 Å². The zero-order chi connectivity index (χ0) is 45.0. The Morgan fingerprint density at radius 2 is 0.794 bits per heavy atom. The van der Waals surface area contributed by atoms with E-state index in [1.807, 2.05) is 0 Å². The summed E-state index contributed by atoms with van der Waals surface area (Å²) >= 11 is 0. The molecule has 13 aromatic rings. The van der Waals surface area contributed by atoms with Gasteiger partial charge in [-0.15, -0.1) is 0 Å². The van der Waals surface area contributed by atoms with Gasteiger partial charge in [0.2, 0.25) is 0 Å². The molecule has 0 fully saturated rings. The molecule has 13 rings (SSSR count). The van der Waals surface area contributed by atoms with Gasteiger partial charge in [0.15, 0.2) is 0 Å². The van der Waals surface area contributed by atoms with Crippen molar-refractivity contribution < 1.29 is 4.42 Å². The molecule has 0 atom stereocenters. The highest BCUT2D eigenvalue weighted by Gasteiger charge is 2.22. The standard InChI is InChI=1S/C66H43NO/c1-4-19-44(20-5-1)53-30-14-15-35-61(53)67(52-29-17-27-50(42-52)54-34-18-36-62-65(54)59-40-37-45-21-10-11-31-55(45)66(59)68-62)51-28-16-26-48(41-51)49-38-39-57-56-32-12-13-33-58(56)63(46-22-6-2-7-23-46)64(60(57)43-49)47-24-8-3-9-25-47/h1-43H. The summed E-state index contributed by atoms with van der Waals surface area (Å²) in [6, 6.07) is 94.5. The molecule has 0 saturated carbocycles. The van der Waals surface area contributed by atoms with Crippen LogP contribution in [0.4, 0.5) is 17.1 Å². The minimum Gasteiger partial charge on any atom is -0.455 e. The summed E-state index contributed by atoms with van der Waals surface area (Å²) in [5, 5.41) is 9.50. The van der Waals surface area contributed by atoms with Gasteiger partial charge in [0, 0.05) is 33.1 Å². The topological polar surface area (TPSA) is 16.4 Å². The maximum atomic E-state index is 6.66. The van der Waals surface area contributed by atoms with Gasteiger partial charge in [-0.05, 0) is 126 Å². The summed E-state index contributed by atoms with van der Waals surface area (Å²) in [5.41, 5.74) is 16.8. The predicted molar refractivity (Wildman–Crippen MR) is 288 cm³/mol. The molecule has 0 N–H and O–H groups in total. The average Bonchev–Trinajstić information content (AvgIpc) is 3.81. The first-order valence-electron chi connectivity index (χ1n) is 23.3. The van der Waals surface area contributed by atoms with Crippen LogP contribution < -0.4 is 4.90 Å². The molecule has 1 heterocycles. The highest BCUT2D eigenvalue weighted by molar-refractivity contribution is 6.22. The van der Waals surface area contributed by atoms with Gasteiger partial charge in [0.25, 0.3) is 0 Å². The Morgan fingerprint density at radius 3 is 1.54 bits per heavy atom. The summed E-state index contributed by atoms with van der Waals surface area (Å²) in [6.45, 7) is 0. The van der Waals surface area contributed by atoms with Crippen LogP contribution in [-0.4, -0.2) is 0 Å². The van der Waals surface area contributed by atoms with Gasteiger partial charge in [-0.1, -0.05) is 212 Å². The number of hydrogen-bond donors (Lipinski definition) is 0. The molecule has 318 valence electrons. The fraction of sp³-hybridized carbons (Fsp3) is 0. The highest BCUT2D eigenvalue weighted by Crippen LogP contribution is 2.48. The minimum atomic E-state index is 0.882. The lowest BCUT2D eigenvalue weighted by Crippen LogP contribution is -2.11. The normalized spacial score (nSPS) is 11.5. The van der Waals surface area contributed by atoms with Crippen LogP contribution in [0.25, 0.3) is 110 Å². The molecule has 2 nitrogen and oxygen atoms in total. The fourth-order valence-electron chi connectivity index (χ4n) is 10.6. The van der Waals surface area contributed by atoms with E-state index in [0.29, 0.717) is 0 Å². The first kappa shape index (κ1) is 39.4. The van der Waals surface area contributed by atoms with E-state index in [9.17, 15) is 0 Å². The molecule has 0 amide bonds. The monoisotopic (exact) mass is 865 g/mol. The zero-order valence-corrected chi connectivity index (χ0v) is 37.2. The van der Waals surface area contributed by atoms with Crippen molar-refractivity contribution in [1.82, 2.24) is 0 Å². The predicted octanol–water partition coefficient (Wildman–Crippen LogP) is 18.9. The molecule has 0 spiro atoms. The molecule has 0 bridgehead atoms. The maximum absolute atomic E-state index is 6.66. The van der Waals surface area contributed by atoms with E-state index in [4.69, 9.17) is 4.42 Å². The summed E-state index contributed by atoms with van der Waals surface area (Å²) in [6.07, 6.45) is 0. The molecule has 0 radical (unpaired) electrons. The summed E-state index contributed by atoms with van der Waals surface area (Å²) in [7, 11) is 0. The molecule has 0 aliphatic rings. The van der Waals surface area contributed by atoms with E-state index >= 15 is 0 Å². The summed E-state index contributed by atoms with van der Waals surface area (Å²) in [5.74, 6) is 0. The number of hydrogen-bond acceptors (Lipinski definition) is 2. The second-order valence-corrected chi connectivity index (χ2v) is 17.6. The quantitative estimate of drug-likeness (QED) is 0.142. The lowest BCUT2D eigenvalue weighted by Gasteiger charge is -2.29. The molecule has 0 saturated heterocycles. The minimum absolute atomic E-state index is 0.882. The summed E-state index contributed by atoms with van der Waals surface area (Å²) < 4.78 is 6.66. The van der Waals surface area contributed by atoms with Crippen LogP contribution in [0, 0.1) is 0 Å². The number of anilines is 3. The Morgan fingerprint density at radius 1 is 0.279 bits per heavy atom. The molecular weight excluding hydrogens is 823 g/mol. The third-order valence-electron chi connectivity index (χ3n) is 13.6. The van der Waals surface area contributed by atoms with Crippen molar-refractivity contribution in [3.63, 3.8) is 0 Å². The Hall–Kier alpha value is -8.98. The molecule has 2 heteroatoms. The molecular formula is C66H43NO. The lowest BCUT2D eigenvalue weighted by molar-refractivity contribution is 0.673. The zero-order valence-electron chi connectivity index (χ0n) is 37.2. The van der Waals surface area contributed by atoms with E-state index < -0.39 is 0 Å². The molecule has 0 unspecified atom stereocenters. The van der Waals surface area contributed by atoms with Gasteiger partial charge in [0.05, 0.1) is 5.69 Å². The van der Waals surface area contributed by atoms with E-state index in [2.05, 4.69) is 266 Å². The lowest BCUT2D eigenvalue weighted by atomic mass is 9.84. The van der Waals surface area contributed by atoms with E-state index in [-0.39, 0.29) is 0 Å². The van der Waals surface area contributed by atoms with Crippen molar-refractivity contribution in [2.75, 3.05) is 4.90 Å². The third-order valence-corrected chi connectivity index (χ3v) is 13.6. The first-order chi connectivity index (χ1) is 33.7. The van der Waals surface area contributed by atoms with Crippen LogP contribution in [0.3, 0.4) is 0 Å². The van der Waals surface area contributed by atoms with Crippen molar-refractivity contribution >= 4 is 71.3 Å². The molecule has 68 heavy (non-hydrogen) atoms. The SMILES string of the molecule is c1ccc(-c2ccccc2N(c2cccc(-c3ccc4c(c3)c(-c3ccccc3)c(-c3ccccc3)c3ccccc34)c2)c2cccc(-c3cccc4oc5c6ccccc6ccc5c34)c2)cc1. The second kappa shape index (κ2) is 16.5. The molecule has 12 aromatic carbocycles. The van der Waals surface area contributed by atoms with Crippen LogP contribution in [0.2, 0.25) is 0 Å². The largest absolute Gasteiger partial charge is 0.455 e. The van der Waals surface area contributed by atoms with Crippen molar-refractivity contribution in [2.24, 2.45) is 0 Å². The van der Waals surface area contributed by atoms with Crippen LogP contribution in [-0.2, 0) is 0 Å². The number of rotatable bonds is 8. The number of furan rings is 1. The van der Waals surface area contributed by atoms with E-state index in [1.54, 1.807) is 0 Å². The number of benzene rings is 12. The van der Waals surface area contributed by atoms with Crippen LogP contribution in [0.1, 0.15) is 0 Å². The van der Waals surface area contributed by atoms with Crippen LogP contribution in [0.5, 0.6) is 0 Å². The van der Waals surface area contributed by atoms with Gasteiger partial charge in [-0.25, -0.2) is 0 Å². The Kier molecular flexibility index (Phi) is 9.54. The second-order valence-electron chi connectivity index (χ2n) is 17.6. The van der Waals surface area contributed by atoms with E-state index in [0.717, 1.165) is 77.8 Å². The maximum Gasteiger partial charge on any atom is 0.143 e. The Balaban J connectivity index is 1.01. The third kappa shape index (κ3) is 6.65. The molecule has 0 aliphatic heterocycles. The van der Waals surface area contributed by atoms with Gasteiger partial charge in [-0.3, -0.25) is 0 Å². The van der Waals surface area contributed by atoms with Gasteiger partial charge < -0.3 is 9.32 Å². The smallest absolute Gasteiger partial charge is 0.143 e. The molecule has 1 aromatic heterocycles. The van der Waals surface area contributed by atoms with Crippen LogP contribution in [0.15, 0.2) is 265 Å². The van der Waals surface area contributed by atoms with Crippen molar-refractivity contribution in [1.29, 1.82) is 0 Å². The summed E-state index contributed by atoms with van der Waals surface area (Å²) in [4.78, 5) is 2.42. The van der Waals surface area contributed by atoms with Crippen molar-refractivity contribution in [2.45, 2.75) is 0 Å². The van der Waals surface area contributed by atoms with Gasteiger partial charge >= 0.3 is 0 Å². The number of fused-ring (bicyclic) bond motifs is 8. The molecule has 0 aliphatic carbocycles. The Labute approximate surface area is 395 Å². The Bertz CT molecular complexity index is 4020. The average molecular weight is 866 g/mol. The van der Waals surface area contributed by atoms with Gasteiger partial charge in [0.1, 0.15) is 11.2 Å². The first-order valence-corrected chi connectivity index (χ1v) is 23.3. The highest BCUT2D eigenvalue weighted by atomic mass is 16.3.